The predicted octanol–water partition coefficient (Wildman–Crippen LogP) is 2.13. The number of carbonyl (C=O) groups excluding carboxylic acids is 1. The van der Waals surface area contributed by atoms with E-state index in [9.17, 15) is 9.18 Å². The fraction of sp³-hybridized carbons (Fsp3) is 0.462. The van der Waals surface area contributed by atoms with Crippen molar-refractivity contribution in [1.82, 2.24) is 5.32 Å². The molecule has 100 valence electrons. The van der Waals surface area contributed by atoms with Gasteiger partial charge in [-0.15, -0.1) is 0 Å². The molecule has 0 radical (unpaired) electrons. The van der Waals surface area contributed by atoms with Crippen LogP contribution >= 0.6 is 0 Å². The third-order valence-corrected chi connectivity index (χ3v) is 2.33. The molecule has 1 aromatic carbocycles. The molecular formula is C13H18FNO3. The van der Waals surface area contributed by atoms with E-state index in [1.807, 2.05) is 13.8 Å². The van der Waals surface area contributed by atoms with Crippen LogP contribution in [-0.2, 0) is 9.53 Å². The van der Waals surface area contributed by atoms with Gasteiger partial charge in [0.25, 0.3) is 0 Å². The van der Waals surface area contributed by atoms with Gasteiger partial charge in [0.1, 0.15) is 6.04 Å². The number of nitrogens with one attached hydrogen (secondary N) is 1. The highest BCUT2D eigenvalue weighted by Gasteiger charge is 2.23. The molecule has 1 unspecified atom stereocenters. The van der Waals surface area contributed by atoms with Gasteiger partial charge in [-0.1, -0.05) is 6.07 Å². The van der Waals surface area contributed by atoms with Gasteiger partial charge in [0.15, 0.2) is 11.6 Å². The molecule has 0 aliphatic carbocycles. The summed E-state index contributed by atoms with van der Waals surface area (Å²) in [5.41, 5.74) is 0.428. The lowest BCUT2D eigenvalue weighted by Crippen LogP contribution is -2.34. The molecule has 1 atom stereocenters. The Kier molecular flexibility index (Phi) is 5.09. The van der Waals surface area contributed by atoms with Crippen LogP contribution in [0, 0.1) is 5.82 Å². The molecule has 0 aliphatic heterocycles. The summed E-state index contributed by atoms with van der Waals surface area (Å²) in [7, 11) is 0. The molecular weight excluding hydrogens is 237 g/mol. The number of rotatable bonds is 5. The maximum Gasteiger partial charge on any atom is 0.327 e. The van der Waals surface area contributed by atoms with Gasteiger partial charge in [-0.25, -0.2) is 9.18 Å². The molecule has 18 heavy (non-hydrogen) atoms. The van der Waals surface area contributed by atoms with Crippen LogP contribution in [0.5, 0.6) is 5.75 Å². The first-order valence-electron chi connectivity index (χ1n) is 5.86. The molecule has 0 spiro atoms. The molecule has 0 saturated heterocycles. The highest BCUT2D eigenvalue weighted by molar-refractivity contribution is 5.77. The molecule has 0 fully saturated rings. The fourth-order valence-electron chi connectivity index (χ4n) is 1.56. The average Bonchev–Trinajstić information content (AvgIpc) is 2.30. The first-order valence-corrected chi connectivity index (χ1v) is 5.86. The lowest BCUT2D eigenvalue weighted by Gasteiger charge is -2.20. The Labute approximate surface area is 106 Å². The van der Waals surface area contributed by atoms with E-state index in [1.165, 1.54) is 12.1 Å². The van der Waals surface area contributed by atoms with Crippen LogP contribution in [0.3, 0.4) is 0 Å². The summed E-state index contributed by atoms with van der Waals surface area (Å²) in [5.74, 6) is -1.66. The first kappa shape index (κ1) is 14.4. The topological polar surface area (TPSA) is 58.6 Å². The molecule has 2 N–H and O–H groups in total. The number of hydrogen-bond acceptors (Lipinski definition) is 4. The van der Waals surface area contributed by atoms with Gasteiger partial charge < -0.3 is 9.84 Å². The van der Waals surface area contributed by atoms with Gasteiger partial charge in [0.05, 0.1) is 6.61 Å². The van der Waals surface area contributed by atoms with E-state index in [-0.39, 0.29) is 12.6 Å². The molecule has 5 heteroatoms. The van der Waals surface area contributed by atoms with Crippen molar-refractivity contribution in [1.29, 1.82) is 0 Å². The summed E-state index contributed by atoms with van der Waals surface area (Å²) < 4.78 is 18.2. The molecule has 0 aliphatic rings. The largest absolute Gasteiger partial charge is 0.505 e. The SMILES string of the molecule is CCOC(=O)C(NC(C)C)c1ccc(O)c(F)c1. The zero-order valence-electron chi connectivity index (χ0n) is 10.7. The second kappa shape index (κ2) is 6.35. The summed E-state index contributed by atoms with van der Waals surface area (Å²) in [6, 6.07) is 3.15. The van der Waals surface area contributed by atoms with Crippen LogP contribution in [0.15, 0.2) is 18.2 Å². The number of hydrogen-bond donors (Lipinski definition) is 2. The van der Waals surface area contributed by atoms with Crippen molar-refractivity contribution in [2.45, 2.75) is 32.9 Å². The minimum absolute atomic E-state index is 0.0382. The molecule has 0 bridgehead atoms. The number of benzene rings is 1. The van der Waals surface area contributed by atoms with E-state index >= 15 is 0 Å². The van der Waals surface area contributed by atoms with Crippen LogP contribution in [0.2, 0.25) is 0 Å². The molecule has 1 rings (SSSR count). The quantitative estimate of drug-likeness (QED) is 0.791. The zero-order valence-corrected chi connectivity index (χ0v) is 10.7. The van der Waals surface area contributed by atoms with Crippen molar-refractivity contribution in [3.63, 3.8) is 0 Å². The van der Waals surface area contributed by atoms with Crippen LogP contribution in [0.25, 0.3) is 0 Å². The molecule has 0 amide bonds. The Balaban J connectivity index is 3.00. The summed E-state index contributed by atoms with van der Waals surface area (Å²) >= 11 is 0. The highest BCUT2D eigenvalue weighted by atomic mass is 19.1. The van der Waals surface area contributed by atoms with Crippen molar-refractivity contribution in [2.75, 3.05) is 6.61 Å². The predicted molar refractivity (Wildman–Crippen MR) is 65.7 cm³/mol. The average molecular weight is 255 g/mol. The van der Waals surface area contributed by atoms with E-state index in [4.69, 9.17) is 9.84 Å². The number of phenols is 1. The molecule has 1 aromatic rings. The zero-order chi connectivity index (χ0) is 13.7. The Morgan fingerprint density at radius 1 is 1.50 bits per heavy atom. The maximum atomic E-state index is 13.3. The van der Waals surface area contributed by atoms with Crippen LogP contribution < -0.4 is 5.32 Å². The lowest BCUT2D eigenvalue weighted by atomic mass is 10.1. The third kappa shape index (κ3) is 3.70. The van der Waals surface area contributed by atoms with Gasteiger partial charge in [-0.2, -0.15) is 0 Å². The van der Waals surface area contributed by atoms with Gasteiger partial charge >= 0.3 is 5.97 Å². The van der Waals surface area contributed by atoms with Crippen molar-refractivity contribution >= 4 is 5.97 Å². The smallest absolute Gasteiger partial charge is 0.327 e. The van der Waals surface area contributed by atoms with Gasteiger partial charge in [0, 0.05) is 6.04 Å². The number of halogens is 1. The number of aromatic hydroxyl groups is 1. The first-order chi connectivity index (χ1) is 8.45. The Morgan fingerprint density at radius 3 is 2.67 bits per heavy atom. The fourth-order valence-corrected chi connectivity index (χ4v) is 1.56. The van der Waals surface area contributed by atoms with Crippen molar-refractivity contribution in [3.05, 3.63) is 29.6 Å². The number of esters is 1. The summed E-state index contributed by atoms with van der Waals surface area (Å²) in [6.45, 7) is 5.73. The Morgan fingerprint density at radius 2 is 2.17 bits per heavy atom. The molecule has 0 aromatic heterocycles. The lowest BCUT2D eigenvalue weighted by molar-refractivity contribution is -0.146. The van der Waals surface area contributed by atoms with E-state index in [0.717, 1.165) is 6.07 Å². The number of carbonyl (C=O) groups is 1. The van der Waals surface area contributed by atoms with Crippen molar-refractivity contribution < 1.29 is 19.0 Å². The second-order valence-corrected chi connectivity index (χ2v) is 4.22. The maximum absolute atomic E-state index is 13.3. The number of ether oxygens (including phenoxy) is 1. The summed E-state index contributed by atoms with van der Waals surface area (Å²) in [4.78, 5) is 11.8. The molecule has 4 nitrogen and oxygen atoms in total. The van der Waals surface area contributed by atoms with Crippen LogP contribution in [0.4, 0.5) is 4.39 Å². The number of phenolic OH excluding ortho intramolecular Hbond substituents is 1. The van der Waals surface area contributed by atoms with Crippen LogP contribution in [-0.4, -0.2) is 23.7 Å². The summed E-state index contributed by atoms with van der Waals surface area (Å²) in [6.07, 6.45) is 0. The van der Waals surface area contributed by atoms with Gasteiger partial charge in [-0.3, -0.25) is 5.32 Å². The normalized spacial score (nSPS) is 12.5. The van der Waals surface area contributed by atoms with E-state index < -0.39 is 23.6 Å². The van der Waals surface area contributed by atoms with Gasteiger partial charge in [-0.05, 0) is 38.5 Å². The highest BCUT2D eigenvalue weighted by Crippen LogP contribution is 2.22. The van der Waals surface area contributed by atoms with Crippen LogP contribution in [0.1, 0.15) is 32.4 Å². The standard InChI is InChI=1S/C13H18FNO3/c1-4-18-13(17)12(15-8(2)3)9-5-6-11(16)10(14)7-9/h5-8,12,15-16H,4H2,1-3H3. The van der Waals surface area contributed by atoms with E-state index in [1.54, 1.807) is 6.92 Å². The molecule has 0 saturated carbocycles. The van der Waals surface area contributed by atoms with Gasteiger partial charge in [0.2, 0.25) is 0 Å². The Bertz CT molecular complexity index is 421. The molecule has 0 heterocycles. The van der Waals surface area contributed by atoms with Crippen molar-refractivity contribution in [3.8, 4) is 5.75 Å². The van der Waals surface area contributed by atoms with E-state index in [2.05, 4.69) is 5.32 Å². The Hall–Kier alpha value is -1.62. The van der Waals surface area contributed by atoms with E-state index in [0.29, 0.717) is 5.56 Å². The minimum atomic E-state index is -0.757. The van der Waals surface area contributed by atoms with Crippen molar-refractivity contribution in [2.24, 2.45) is 0 Å². The minimum Gasteiger partial charge on any atom is -0.505 e. The summed E-state index contributed by atoms with van der Waals surface area (Å²) in [5, 5.41) is 12.1. The third-order valence-electron chi connectivity index (χ3n) is 2.33. The second-order valence-electron chi connectivity index (χ2n) is 4.22. The monoisotopic (exact) mass is 255 g/mol.